The Morgan fingerprint density at radius 1 is 1.24 bits per heavy atom. The number of hydrogen-bond donors (Lipinski definition) is 0. The van der Waals surface area contributed by atoms with E-state index in [9.17, 15) is 0 Å². The highest BCUT2D eigenvalue weighted by Crippen LogP contribution is 2.71. The molecule has 4 rings (SSSR count). The highest BCUT2D eigenvalue weighted by molar-refractivity contribution is 5.23. The molecule has 0 heterocycles. The maximum Gasteiger partial charge on any atom is 0.0627 e. The summed E-state index contributed by atoms with van der Waals surface area (Å²) in [6.07, 6.45) is 11.3. The lowest BCUT2D eigenvalue weighted by Gasteiger charge is -2.44. The monoisotopic (exact) mass is 227 g/mol. The maximum atomic E-state index is 9.16. The third kappa shape index (κ3) is 1.06. The zero-order valence-electron chi connectivity index (χ0n) is 10.6. The van der Waals surface area contributed by atoms with Crippen molar-refractivity contribution in [2.24, 2.45) is 40.9 Å². The van der Waals surface area contributed by atoms with E-state index in [2.05, 4.69) is 25.1 Å². The fourth-order valence-electron chi connectivity index (χ4n) is 6.21. The van der Waals surface area contributed by atoms with Crippen LogP contribution in [-0.4, -0.2) is 0 Å². The van der Waals surface area contributed by atoms with E-state index in [0.29, 0.717) is 5.41 Å². The van der Waals surface area contributed by atoms with Crippen LogP contribution in [0.15, 0.2) is 12.2 Å². The Kier molecular flexibility index (Phi) is 1.89. The molecule has 3 fully saturated rings. The third-order valence-corrected chi connectivity index (χ3v) is 6.74. The van der Waals surface area contributed by atoms with E-state index in [-0.39, 0.29) is 0 Å². The van der Waals surface area contributed by atoms with Crippen LogP contribution < -0.4 is 0 Å². The van der Waals surface area contributed by atoms with Gasteiger partial charge in [-0.3, -0.25) is 0 Å². The second-order valence-electron chi connectivity index (χ2n) is 6.96. The molecule has 7 atom stereocenters. The SMILES string of the molecule is CCC1(CC#N)CC2CC1C1C3C=CC(C3)C21. The van der Waals surface area contributed by atoms with Crippen LogP contribution in [-0.2, 0) is 0 Å². The Hall–Kier alpha value is -0.770. The number of rotatable bonds is 2. The largest absolute Gasteiger partial charge is 0.198 e. The molecule has 0 aromatic carbocycles. The van der Waals surface area contributed by atoms with Gasteiger partial charge in [-0.15, -0.1) is 0 Å². The summed E-state index contributed by atoms with van der Waals surface area (Å²) in [4.78, 5) is 0. The van der Waals surface area contributed by atoms with Gasteiger partial charge >= 0.3 is 0 Å². The lowest BCUT2D eigenvalue weighted by Crippen LogP contribution is -2.38. The van der Waals surface area contributed by atoms with Gasteiger partial charge in [0.05, 0.1) is 6.07 Å². The van der Waals surface area contributed by atoms with Crippen LogP contribution in [0.3, 0.4) is 0 Å². The number of hydrogen-bond acceptors (Lipinski definition) is 1. The molecule has 0 saturated heterocycles. The summed E-state index contributed by atoms with van der Waals surface area (Å²) in [5.41, 5.74) is 0.402. The van der Waals surface area contributed by atoms with Gasteiger partial charge < -0.3 is 0 Å². The van der Waals surface area contributed by atoms with Gasteiger partial charge in [-0.2, -0.15) is 5.26 Å². The Balaban J connectivity index is 1.71. The van der Waals surface area contributed by atoms with Crippen molar-refractivity contribution in [2.75, 3.05) is 0 Å². The molecule has 1 heteroatoms. The molecule has 4 bridgehead atoms. The molecule has 0 aliphatic heterocycles. The standard InChI is InChI=1S/C16H21N/c1-2-16(5-6-17)9-12-8-13(16)15-11-4-3-10(7-11)14(12)15/h3-4,10-15H,2,5,7-9H2,1H3. The average molecular weight is 227 g/mol. The van der Waals surface area contributed by atoms with Crippen molar-refractivity contribution < 1.29 is 0 Å². The number of fused-ring (bicyclic) bond motifs is 9. The van der Waals surface area contributed by atoms with E-state index in [4.69, 9.17) is 5.26 Å². The van der Waals surface area contributed by atoms with Crippen LogP contribution in [0.2, 0.25) is 0 Å². The highest BCUT2D eigenvalue weighted by atomic mass is 14.7. The molecular formula is C16H21N. The molecule has 4 aliphatic carbocycles. The summed E-state index contributed by atoms with van der Waals surface area (Å²) in [5.74, 6) is 5.59. The van der Waals surface area contributed by atoms with Gasteiger partial charge in [-0.05, 0) is 66.6 Å². The molecule has 0 aromatic rings. The van der Waals surface area contributed by atoms with Gasteiger partial charge in [-0.1, -0.05) is 19.1 Å². The number of nitriles is 1. The number of nitrogens with zero attached hydrogens (tertiary/aromatic N) is 1. The van der Waals surface area contributed by atoms with E-state index in [0.717, 1.165) is 41.9 Å². The molecule has 0 amide bonds. The van der Waals surface area contributed by atoms with Crippen LogP contribution >= 0.6 is 0 Å². The molecular weight excluding hydrogens is 206 g/mol. The Morgan fingerprint density at radius 3 is 2.71 bits per heavy atom. The van der Waals surface area contributed by atoms with Crippen LogP contribution in [0.4, 0.5) is 0 Å². The lowest BCUT2D eigenvalue weighted by molar-refractivity contribution is 0.0592. The van der Waals surface area contributed by atoms with Crippen molar-refractivity contribution in [3.8, 4) is 6.07 Å². The van der Waals surface area contributed by atoms with Crippen molar-refractivity contribution in [3.05, 3.63) is 12.2 Å². The summed E-state index contributed by atoms with van der Waals surface area (Å²) in [5, 5.41) is 9.16. The van der Waals surface area contributed by atoms with Crippen molar-refractivity contribution >= 4 is 0 Å². The van der Waals surface area contributed by atoms with Gasteiger partial charge in [0.15, 0.2) is 0 Å². The first-order valence-electron chi connectivity index (χ1n) is 7.34. The molecule has 90 valence electrons. The smallest absolute Gasteiger partial charge is 0.0627 e. The fourth-order valence-corrected chi connectivity index (χ4v) is 6.21. The highest BCUT2D eigenvalue weighted by Gasteiger charge is 2.64. The summed E-state index contributed by atoms with van der Waals surface area (Å²) >= 11 is 0. The number of allylic oxidation sites excluding steroid dienone is 2. The van der Waals surface area contributed by atoms with E-state index >= 15 is 0 Å². The minimum Gasteiger partial charge on any atom is -0.198 e. The molecule has 4 aliphatic rings. The molecule has 0 N–H and O–H groups in total. The normalized spacial score (nSPS) is 57.4. The predicted octanol–water partition coefficient (Wildman–Crippen LogP) is 3.77. The van der Waals surface area contributed by atoms with E-state index in [1.807, 2.05) is 0 Å². The van der Waals surface area contributed by atoms with Gasteiger partial charge in [0.1, 0.15) is 0 Å². The van der Waals surface area contributed by atoms with Crippen LogP contribution in [0.1, 0.15) is 39.0 Å². The minimum absolute atomic E-state index is 0.402. The van der Waals surface area contributed by atoms with E-state index in [1.54, 1.807) is 0 Å². The average Bonchev–Trinajstić information content (AvgIpc) is 3.06. The molecule has 7 unspecified atom stereocenters. The molecule has 0 radical (unpaired) electrons. The summed E-state index contributed by atoms with van der Waals surface area (Å²) < 4.78 is 0. The van der Waals surface area contributed by atoms with Crippen molar-refractivity contribution in [1.29, 1.82) is 5.26 Å². The van der Waals surface area contributed by atoms with E-state index < -0.39 is 0 Å². The topological polar surface area (TPSA) is 23.8 Å². The second kappa shape index (κ2) is 3.16. The third-order valence-electron chi connectivity index (χ3n) is 6.74. The van der Waals surface area contributed by atoms with Crippen molar-refractivity contribution in [2.45, 2.75) is 39.0 Å². The first-order chi connectivity index (χ1) is 8.29. The Labute approximate surface area is 104 Å². The molecule has 1 nitrogen and oxygen atoms in total. The zero-order chi connectivity index (χ0) is 11.6. The fraction of sp³-hybridized carbons (Fsp3) is 0.812. The second-order valence-corrected chi connectivity index (χ2v) is 6.96. The maximum absolute atomic E-state index is 9.16. The first-order valence-corrected chi connectivity index (χ1v) is 7.34. The first kappa shape index (κ1) is 10.2. The predicted molar refractivity (Wildman–Crippen MR) is 66.9 cm³/mol. The van der Waals surface area contributed by atoms with E-state index in [1.165, 1.54) is 25.7 Å². The van der Waals surface area contributed by atoms with Crippen LogP contribution in [0.25, 0.3) is 0 Å². The quantitative estimate of drug-likeness (QED) is 0.520. The minimum atomic E-state index is 0.402. The van der Waals surface area contributed by atoms with Crippen LogP contribution in [0.5, 0.6) is 0 Å². The summed E-state index contributed by atoms with van der Waals surface area (Å²) in [6.45, 7) is 2.32. The molecule has 3 saturated carbocycles. The molecule has 17 heavy (non-hydrogen) atoms. The van der Waals surface area contributed by atoms with Gasteiger partial charge in [0.25, 0.3) is 0 Å². The van der Waals surface area contributed by atoms with Crippen molar-refractivity contribution in [3.63, 3.8) is 0 Å². The van der Waals surface area contributed by atoms with Gasteiger partial charge in [0.2, 0.25) is 0 Å². The van der Waals surface area contributed by atoms with Gasteiger partial charge in [0, 0.05) is 6.42 Å². The molecule has 0 aromatic heterocycles. The summed E-state index contributed by atoms with van der Waals surface area (Å²) in [7, 11) is 0. The summed E-state index contributed by atoms with van der Waals surface area (Å²) in [6, 6.07) is 2.49. The van der Waals surface area contributed by atoms with Crippen molar-refractivity contribution in [1.82, 2.24) is 0 Å². The lowest BCUT2D eigenvalue weighted by atomic mass is 9.60. The van der Waals surface area contributed by atoms with Gasteiger partial charge in [-0.25, -0.2) is 0 Å². The van der Waals surface area contributed by atoms with Crippen LogP contribution in [0, 0.1) is 52.3 Å². The molecule has 0 spiro atoms. The zero-order valence-corrected chi connectivity index (χ0v) is 10.6. The Bertz CT molecular complexity index is 418. The Morgan fingerprint density at radius 2 is 2.00 bits per heavy atom.